The number of rotatable bonds is 3. The first-order chi connectivity index (χ1) is 13.7. The highest BCUT2D eigenvalue weighted by molar-refractivity contribution is 5.91. The van der Waals surface area contributed by atoms with Crippen LogP contribution in [0.4, 0.5) is 4.39 Å². The van der Waals surface area contributed by atoms with Crippen molar-refractivity contribution < 1.29 is 4.39 Å². The molecule has 1 saturated heterocycles. The number of fused-ring (bicyclic) bond motifs is 1. The molecule has 0 amide bonds. The summed E-state index contributed by atoms with van der Waals surface area (Å²) >= 11 is 0. The molecular formula is C24H24FN3. The predicted molar refractivity (Wildman–Crippen MR) is 111 cm³/mol. The lowest BCUT2D eigenvalue weighted by molar-refractivity contribution is 0.272. The Balaban J connectivity index is 1.60. The van der Waals surface area contributed by atoms with Crippen molar-refractivity contribution in [1.82, 2.24) is 14.9 Å². The Morgan fingerprint density at radius 1 is 1.07 bits per heavy atom. The molecule has 0 saturated carbocycles. The second kappa shape index (κ2) is 7.02. The summed E-state index contributed by atoms with van der Waals surface area (Å²) in [5.41, 5.74) is 7.00. The summed E-state index contributed by atoms with van der Waals surface area (Å²) in [4.78, 5) is 10.3. The van der Waals surface area contributed by atoms with Gasteiger partial charge in [0.15, 0.2) is 0 Å². The van der Waals surface area contributed by atoms with Crippen molar-refractivity contribution in [2.24, 2.45) is 5.92 Å². The molecule has 4 heteroatoms. The molecule has 4 heterocycles. The molecule has 1 aromatic carbocycles. The van der Waals surface area contributed by atoms with Crippen molar-refractivity contribution in [3.8, 4) is 22.4 Å². The largest absolute Gasteiger partial charge is 0.360 e. The smallest absolute Gasteiger partial charge is 0.123 e. The minimum Gasteiger partial charge on any atom is -0.360 e. The molecule has 2 aromatic heterocycles. The number of nitrogens with zero attached hydrogens (tertiary/aromatic N) is 2. The van der Waals surface area contributed by atoms with E-state index in [2.05, 4.69) is 34.1 Å². The van der Waals surface area contributed by atoms with Gasteiger partial charge in [-0.1, -0.05) is 13.0 Å². The lowest BCUT2D eigenvalue weighted by atomic mass is 9.89. The van der Waals surface area contributed by atoms with Gasteiger partial charge in [-0.3, -0.25) is 9.88 Å². The van der Waals surface area contributed by atoms with Gasteiger partial charge < -0.3 is 4.98 Å². The van der Waals surface area contributed by atoms with Crippen LogP contribution < -0.4 is 0 Å². The zero-order chi connectivity index (χ0) is 19.1. The first-order valence-electron chi connectivity index (χ1n) is 10.00. The highest BCUT2D eigenvalue weighted by atomic mass is 19.1. The highest BCUT2D eigenvalue weighted by Crippen LogP contribution is 2.42. The van der Waals surface area contributed by atoms with E-state index in [1.165, 1.54) is 41.8 Å². The molecule has 2 unspecified atom stereocenters. The minimum atomic E-state index is -0.216. The second-order valence-electron chi connectivity index (χ2n) is 8.08. The quantitative estimate of drug-likeness (QED) is 0.668. The molecule has 142 valence electrons. The maximum atomic E-state index is 13.4. The van der Waals surface area contributed by atoms with Crippen LogP contribution in [-0.2, 0) is 0 Å². The third-order valence-corrected chi connectivity index (χ3v) is 6.09. The predicted octanol–water partition coefficient (Wildman–Crippen LogP) is 5.38. The average molecular weight is 373 g/mol. The van der Waals surface area contributed by atoms with E-state index >= 15 is 0 Å². The van der Waals surface area contributed by atoms with Crippen LogP contribution in [0, 0.1) is 11.7 Å². The van der Waals surface area contributed by atoms with Crippen LogP contribution in [0.1, 0.15) is 25.3 Å². The standard InChI is InChI=1S/C24H24FN3/c1-16-12-21-13-19(8-11-28(21)15-16)22-14-27-24(18-2-4-20(25)5-3-18)23(22)17-6-9-26-10-7-17/h2-10,14,16,21,27H,11-13,15H2,1H3. The first-order valence-corrected chi connectivity index (χ1v) is 10.00. The summed E-state index contributed by atoms with van der Waals surface area (Å²) in [6.07, 6.45) is 10.5. The van der Waals surface area contributed by atoms with Gasteiger partial charge in [-0.2, -0.15) is 0 Å². The lowest BCUT2D eigenvalue weighted by Crippen LogP contribution is -2.33. The number of hydrogen-bond donors (Lipinski definition) is 1. The Hall–Kier alpha value is -2.72. The Morgan fingerprint density at radius 3 is 2.64 bits per heavy atom. The van der Waals surface area contributed by atoms with E-state index in [-0.39, 0.29) is 5.82 Å². The van der Waals surface area contributed by atoms with E-state index in [1.54, 1.807) is 0 Å². The molecule has 0 bridgehead atoms. The van der Waals surface area contributed by atoms with Gasteiger partial charge >= 0.3 is 0 Å². The Kier molecular flexibility index (Phi) is 4.36. The maximum Gasteiger partial charge on any atom is 0.123 e. The number of halogens is 1. The van der Waals surface area contributed by atoms with Gasteiger partial charge in [0.05, 0.1) is 5.69 Å². The van der Waals surface area contributed by atoms with Crippen LogP contribution in [0.5, 0.6) is 0 Å². The van der Waals surface area contributed by atoms with Gasteiger partial charge in [-0.15, -0.1) is 0 Å². The van der Waals surface area contributed by atoms with E-state index in [4.69, 9.17) is 0 Å². The third-order valence-electron chi connectivity index (χ3n) is 6.09. The summed E-state index contributed by atoms with van der Waals surface area (Å²) in [6.45, 7) is 4.58. The van der Waals surface area contributed by atoms with E-state index in [0.717, 1.165) is 35.7 Å². The molecule has 1 N–H and O–H groups in total. The van der Waals surface area contributed by atoms with Crippen molar-refractivity contribution in [3.63, 3.8) is 0 Å². The summed E-state index contributed by atoms with van der Waals surface area (Å²) in [7, 11) is 0. The molecule has 1 fully saturated rings. The molecule has 2 aliphatic heterocycles. The van der Waals surface area contributed by atoms with Gasteiger partial charge in [0, 0.05) is 48.8 Å². The monoisotopic (exact) mass is 373 g/mol. The molecule has 0 radical (unpaired) electrons. The van der Waals surface area contributed by atoms with E-state index in [1.807, 2.05) is 36.7 Å². The molecular weight excluding hydrogens is 349 g/mol. The Bertz CT molecular complexity index is 1000. The highest BCUT2D eigenvalue weighted by Gasteiger charge is 2.33. The number of nitrogens with one attached hydrogen (secondary N) is 1. The SMILES string of the molecule is CC1CC2CC(c3c[nH]c(-c4ccc(F)cc4)c3-c3ccncc3)=CCN2C1. The topological polar surface area (TPSA) is 31.9 Å². The zero-order valence-corrected chi connectivity index (χ0v) is 16.0. The molecule has 0 aliphatic carbocycles. The third kappa shape index (κ3) is 3.08. The minimum absolute atomic E-state index is 0.216. The van der Waals surface area contributed by atoms with E-state index < -0.39 is 0 Å². The molecule has 5 rings (SSSR count). The molecule has 3 aromatic rings. The van der Waals surface area contributed by atoms with Crippen molar-refractivity contribution >= 4 is 5.57 Å². The maximum absolute atomic E-state index is 13.4. The zero-order valence-electron chi connectivity index (χ0n) is 16.0. The Labute approximate surface area is 164 Å². The number of benzene rings is 1. The Morgan fingerprint density at radius 2 is 1.86 bits per heavy atom. The summed E-state index contributed by atoms with van der Waals surface area (Å²) < 4.78 is 13.4. The van der Waals surface area contributed by atoms with Crippen LogP contribution in [0.25, 0.3) is 28.0 Å². The fourth-order valence-electron chi connectivity index (χ4n) is 4.80. The van der Waals surface area contributed by atoms with Crippen LogP contribution in [0.15, 0.2) is 61.1 Å². The van der Waals surface area contributed by atoms with Gasteiger partial charge in [-0.05, 0) is 71.9 Å². The van der Waals surface area contributed by atoms with E-state index in [9.17, 15) is 4.39 Å². The number of aromatic amines is 1. The fourth-order valence-corrected chi connectivity index (χ4v) is 4.80. The summed E-state index contributed by atoms with van der Waals surface area (Å²) in [6, 6.07) is 11.5. The number of aromatic nitrogens is 2. The van der Waals surface area contributed by atoms with Gasteiger partial charge in [0.25, 0.3) is 0 Å². The second-order valence-corrected chi connectivity index (χ2v) is 8.08. The van der Waals surface area contributed by atoms with Crippen LogP contribution in [-0.4, -0.2) is 34.0 Å². The lowest BCUT2D eigenvalue weighted by Gasteiger charge is -2.29. The summed E-state index contributed by atoms with van der Waals surface area (Å²) in [5, 5.41) is 0. The van der Waals surface area contributed by atoms with Gasteiger partial charge in [-0.25, -0.2) is 4.39 Å². The van der Waals surface area contributed by atoms with Gasteiger partial charge in [0.2, 0.25) is 0 Å². The van der Waals surface area contributed by atoms with Crippen LogP contribution in [0.3, 0.4) is 0 Å². The molecule has 0 spiro atoms. The first kappa shape index (κ1) is 17.4. The molecule has 28 heavy (non-hydrogen) atoms. The molecule has 3 nitrogen and oxygen atoms in total. The van der Waals surface area contributed by atoms with Gasteiger partial charge in [0.1, 0.15) is 5.82 Å². The van der Waals surface area contributed by atoms with Crippen molar-refractivity contribution in [1.29, 1.82) is 0 Å². The number of H-pyrrole nitrogens is 1. The van der Waals surface area contributed by atoms with Crippen LogP contribution in [0.2, 0.25) is 0 Å². The van der Waals surface area contributed by atoms with Crippen molar-refractivity contribution in [2.75, 3.05) is 13.1 Å². The number of pyridine rings is 1. The van der Waals surface area contributed by atoms with Crippen molar-refractivity contribution in [3.05, 3.63) is 72.4 Å². The summed E-state index contributed by atoms with van der Waals surface area (Å²) in [5.74, 6) is 0.560. The van der Waals surface area contributed by atoms with Crippen LogP contribution >= 0.6 is 0 Å². The van der Waals surface area contributed by atoms with E-state index in [0.29, 0.717) is 6.04 Å². The number of hydrogen-bond acceptors (Lipinski definition) is 2. The average Bonchev–Trinajstić information content (AvgIpc) is 3.31. The molecule has 2 aliphatic rings. The van der Waals surface area contributed by atoms with Crippen molar-refractivity contribution in [2.45, 2.75) is 25.8 Å². The molecule has 2 atom stereocenters. The fraction of sp³-hybridized carbons (Fsp3) is 0.292. The normalized spacial score (nSPS) is 22.1.